The molecule has 0 saturated carbocycles. The van der Waals surface area contributed by atoms with E-state index in [-0.39, 0.29) is 21.8 Å². The number of halogens is 2. The summed E-state index contributed by atoms with van der Waals surface area (Å²) in [6.07, 6.45) is -0.977. The molecule has 174 valence electrons. The van der Waals surface area contributed by atoms with Crippen molar-refractivity contribution in [2.45, 2.75) is 18.6 Å². The molecular formula is C27H17Cl2NO5. The van der Waals surface area contributed by atoms with Crippen LogP contribution < -0.4 is 4.90 Å². The highest BCUT2D eigenvalue weighted by Crippen LogP contribution is 2.58. The Kier molecular flexibility index (Phi) is 4.81. The number of fused-ring (bicyclic) bond motifs is 3. The van der Waals surface area contributed by atoms with Crippen molar-refractivity contribution in [2.75, 3.05) is 4.90 Å². The van der Waals surface area contributed by atoms with Crippen LogP contribution in [0.1, 0.15) is 37.9 Å². The number of ether oxygens (including phenoxy) is 1. The third kappa shape index (κ3) is 2.88. The molecule has 3 aliphatic rings. The SMILES string of the molecule is Cc1cccc(C2OC3(C(=O)c4ccccc4C3=O)C3C(=O)N(c4ccc(Cl)cc4Cl)C(=O)C23)c1. The Morgan fingerprint density at radius 3 is 2.14 bits per heavy atom. The van der Waals surface area contributed by atoms with Crippen LogP contribution in [0, 0.1) is 18.8 Å². The minimum absolute atomic E-state index is 0.105. The number of amides is 2. The largest absolute Gasteiger partial charge is 0.349 e. The molecule has 0 N–H and O–H groups in total. The summed E-state index contributed by atoms with van der Waals surface area (Å²) in [4.78, 5) is 56.2. The van der Waals surface area contributed by atoms with Gasteiger partial charge >= 0.3 is 0 Å². The minimum atomic E-state index is -2.12. The molecule has 0 aromatic heterocycles. The maximum absolute atomic E-state index is 13.9. The summed E-state index contributed by atoms with van der Waals surface area (Å²) in [5, 5.41) is 0.445. The zero-order valence-electron chi connectivity index (χ0n) is 18.3. The molecule has 3 atom stereocenters. The van der Waals surface area contributed by atoms with E-state index in [2.05, 4.69) is 0 Å². The lowest BCUT2D eigenvalue weighted by Gasteiger charge is -2.27. The number of aryl methyl sites for hydroxylation is 1. The number of ketones is 2. The third-order valence-corrected chi connectivity index (χ3v) is 7.58. The van der Waals surface area contributed by atoms with Crippen molar-refractivity contribution in [1.82, 2.24) is 0 Å². The first-order valence-electron chi connectivity index (χ1n) is 11.0. The number of carbonyl (C=O) groups is 4. The van der Waals surface area contributed by atoms with Gasteiger partial charge in [0, 0.05) is 16.1 Å². The van der Waals surface area contributed by atoms with Crippen molar-refractivity contribution in [3.63, 3.8) is 0 Å². The van der Waals surface area contributed by atoms with E-state index in [0.717, 1.165) is 10.5 Å². The van der Waals surface area contributed by atoms with Gasteiger partial charge in [0.05, 0.1) is 28.6 Å². The van der Waals surface area contributed by atoms with Crippen molar-refractivity contribution in [3.8, 4) is 0 Å². The molecule has 8 heteroatoms. The highest BCUT2D eigenvalue weighted by atomic mass is 35.5. The Bertz CT molecular complexity index is 1450. The molecule has 3 unspecified atom stereocenters. The molecule has 0 bridgehead atoms. The van der Waals surface area contributed by atoms with Crippen LogP contribution in [-0.2, 0) is 14.3 Å². The molecule has 2 aliphatic heterocycles. The predicted molar refractivity (Wildman–Crippen MR) is 129 cm³/mol. The van der Waals surface area contributed by atoms with Crippen molar-refractivity contribution < 1.29 is 23.9 Å². The van der Waals surface area contributed by atoms with Crippen LogP contribution in [0.5, 0.6) is 0 Å². The van der Waals surface area contributed by atoms with E-state index < -0.39 is 46.9 Å². The van der Waals surface area contributed by atoms with E-state index in [1.54, 1.807) is 24.3 Å². The number of rotatable bonds is 2. The maximum atomic E-state index is 13.9. The highest BCUT2D eigenvalue weighted by molar-refractivity contribution is 6.40. The van der Waals surface area contributed by atoms with Crippen LogP contribution in [0.15, 0.2) is 66.7 Å². The third-order valence-electron chi connectivity index (χ3n) is 7.04. The van der Waals surface area contributed by atoms with Gasteiger partial charge in [0.1, 0.15) is 0 Å². The van der Waals surface area contributed by atoms with Crippen molar-refractivity contribution in [1.29, 1.82) is 0 Å². The smallest absolute Gasteiger partial charge is 0.241 e. The topological polar surface area (TPSA) is 80.8 Å². The average molecular weight is 506 g/mol. The second-order valence-corrected chi connectivity index (χ2v) is 9.85. The van der Waals surface area contributed by atoms with E-state index in [0.29, 0.717) is 10.6 Å². The molecule has 6 rings (SSSR count). The summed E-state index contributed by atoms with van der Waals surface area (Å²) in [5.41, 5.74) is -0.0879. The molecule has 6 nitrogen and oxygen atoms in total. The van der Waals surface area contributed by atoms with Gasteiger partial charge < -0.3 is 4.74 Å². The van der Waals surface area contributed by atoms with Gasteiger partial charge in [-0.05, 0) is 30.7 Å². The Hall–Kier alpha value is -3.32. The minimum Gasteiger partial charge on any atom is -0.349 e. The van der Waals surface area contributed by atoms with E-state index in [1.165, 1.54) is 30.3 Å². The van der Waals surface area contributed by atoms with E-state index in [4.69, 9.17) is 27.9 Å². The van der Waals surface area contributed by atoms with Crippen molar-refractivity contribution in [2.24, 2.45) is 11.8 Å². The fourth-order valence-corrected chi connectivity index (χ4v) is 6.06. The van der Waals surface area contributed by atoms with Crippen molar-refractivity contribution in [3.05, 3.63) is 99.0 Å². The second-order valence-electron chi connectivity index (χ2n) is 9.00. The Labute approximate surface area is 210 Å². The van der Waals surface area contributed by atoms with E-state index >= 15 is 0 Å². The standard InChI is InChI=1S/C27H17Cl2NO5/c1-13-5-4-6-14(11-13)22-20-21(26(34)30(25(20)33)19-10-9-15(28)12-18(19)29)27(35-22)23(31)16-7-2-3-8-17(16)24(27)32/h2-12,20-22H,1H3. The van der Waals surface area contributed by atoms with Gasteiger partial charge in [-0.3, -0.25) is 19.2 Å². The summed E-state index contributed by atoms with van der Waals surface area (Å²) in [6.45, 7) is 1.88. The van der Waals surface area contributed by atoms with E-state index in [1.807, 2.05) is 19.1 Å². The quantitative estimate of drug-likeness (QED) is 0.361. The molecule has 2 heterocycles. The fraction of sp³-hybridized carbons (Fsp3) is 0.185. The van der Waals surface area contributed by atoms with Gasteiger partial charge in [-0.2, -0.15) is 0 Å². The Balaban J connectivity index is 1.56. The van der Waals surface area contributed by atoms with Gasteiger partial charge in [-0.15, -0.1) is 0 Å². The number of nitrogens with zero attached hydrogens (tertiary/aromatic N) is 1. The molecule has 2 fully saturated rings. The number of benzene rings is 3. The predicted octanol–water partition coefficient (Wildman–Crippen LogP) is 5.00. The number of Topliss-reactive ketones (excluding diaryl/α,β-unsaturated/α-hetero) is 2. The summed E-state index contributed by atoms with van der Waals surface area (Å²) in [6, 6.07) is 18.1. The highest BCUT2D eigenvalue weighted by Gasteiger charge is 2.74. The average Bonchev–Trinajstić information content (AvgIpc) is 3.40. The lowest BCUT2D eigenvalue weighted by Crippen LogP contribution is -2.51. The lowest BCUT2D eigenvalue weighted by atomic mass is 9.77. The Morgan fingerprint density at radius 2 is 1.51 bits per heavy atom. The monoisotopic (exact) mass is 505 g/mol. The van der Waals surface area contributed by atoms with Crippen molar-refractivity contribution >= 4 is 52.3 Å². The molecular weight excluding hydrogens is 489 g/mol. The van der Waals surface area contributed by atoms with Gasteiger partial charge in [0.25, 0.3) is 0 Å². The molecule has 35 heavy (non-hydrogen) atoms. The number of hydrogen-bond acceptors (Lipinski definition) is 5. The van der Waals surface area contributed by atoms with Gasteiger partial charge in [0.2, 0.25) is 29.0 Å². The van der Waals surface area contributed by atoms with Crippen LogP contribution in [0.3, 0.4) is 0 Å². The fourth-order valence-electron chi connectivity index (χ4n) is 5.57. The summed E-state index contributed by atoms with van der Waals surface area (Å²) in [5.74, 6) is -4.90. The van der Waals surface area contributed by atoms with Crippen LogP contribution >= 0.6 is 23.2 Å². The summed E-state index contributed by atoms with van der Waals surface area (Å²) in [7, 11) is 0. The molecule has 3 aromatic rings. The first-order valence-corrected chi connectivity index (χ1v) is 11.8. The van der Waals surface area contributed by atoms with E-state index in [9.17, 15) is 19.2 Å². The Morgan fingerprint density at radius 1 is 0.829 bits per heavy atom. The molecule has 2 saturated heterocycles. The lowest BCUT2D eigenvalue weighted by molar-refractivity contribution is -0.127. The van der Waals surface area contributed by atoms with Gasteiger partial charge in [0.15, 0.2) is 0 Å². The zero-order valence-corrected chi connectivity index (χ0v) is 19.8. The zero-order chi connectivity index (χ0) is 24.6. The molecule has 1 spiro atoms. The maximum Gasteiger partial charge on any atom is 0.241 e. The molecule has 1 aliphatic carbocycles. The number of hydrogen-bond donors (Lipinski definition) is 0. The normalized spacial score (nSPS) is 24.4. The second kappa shape index (κ2) is 7.59. The molecule has 3 aromatic carbocycles. The summed E-state index contributed by atoms with van der Waals surface area (Å²) < 4.78 is 6.28. The van der Waals surface area contributed by atoms with Gasteiger partial charge in [-0.1, -0.05) is 77.3 Å². The van der Waals surface area contributed by atoms with Crippen LogP contribution in [0.4, 0.5) is 5.69 Å². The number of imide groups is 1. The first kappa shape index (κ1) is 22.2. The van der Waals surface area contributed by atoms with Crippen LogP contribution in [0.25, 0.3) is 0 Å². The molecule has 0 radical (unpaired) electrons. The first-order chi connectivity index (χ1) is 16.8. The van der Waals surface area contributed by atoms with Crippen LogP contribution in [-0.4, -0.2) is 29.0 Å². The summed E-state index contributed by atoms with van der Waals surface area (Å²) >= 11 is 12.4. The molecule has 2 amide bonds. The van der Waals surface area contributed by atoms with Gasteiger partial charge in [-0.25, -0.2) is 4.90 Å². The number of carbonyl (C=O) groups excluding carboxylic acids is 4. The number of anilines is 1. The van der Waals surface area contributed by atoms with Crippen LogP contribution in [0.2, 0.25) is 10.0 Å².